The Morgan fingerprint density at radius 3 is 2.37 bits per heavy atom. The second-order valence-corrected chi connectivity index (χ2v) is 8.82. The van der Waals surface area contributed by atoms with Crippen molar-refractivity contribution in [2.24, 2.45) is 0 Å². The predicted molar refractivity (Wildman–Crippen MR) is 130 cm³/mol. The molecule has 0 bridgehead atoms. The van der Waals surface area contributed by atoms with Gasteiger partial charge in [-0.15, -0.1) is 0 Å². The van der Waals surface area contributed by atoms with E-state index in [9.17, 15) is 14.4 Å². The van der Waals surface area contributed by atoms with Crippen LogP contribution >= 0.6 is 0 Å². The Labute approximate surface area is 206 Å². The van der Waals surface area contributed by atoms with Gasteiger partial charge < -0.3 is 19.5 Å². The van der Waals surface area contributed by atoms with E-state index in [4.69, 9.17) is 14.2 Å². The molecule has 0 saturated heterocycles. The summed E-state index contributed by atoms with van der Waals surface area (Å²) >= 11 is 0. The lowest BCUT2D eigenvalue weighted by atomic mass is 9.84. The summed E-state index contributed by atoms with van der Waals surface area (Å²) in [5.74, 6) is -1.20. The van der Waals surface area contributed by atoms with Crippen molar-refractivity contribution in [3.63, 3.8) is 0 Å². The second kappa shape index (κ2) is 12.3. The highest BCUT2D eigenvalue weighted by Crippen LogP contribution is 2.34. The van der Waals surface area contributed by atoms with Gasteiger partial charge in [-0.3, -0.25) is 9.59 Å². The maximum atomic E-state index is 12.8. The van der Waals surface area contributed by atoms with E-state index in [0.717, 1.165) is 5.56 Å². The Morgan fingerprint density at radius 2 is 1.77 bits per heavy atom. The molecule has 8 nitrogen and oxygen atoms in total. The van der Waals surface area contributed by atoms with Gasteiger partial charge in [0, 0.05) is 19.2 Å². The molecule has 1 unspecified atom stereocenters. The highest BCUT2D eigenvalue weighted by molar-refractivity contribution is 5.98. The standard InChI is InChI=1S/C27H34N2O6/c1-5-22(21-13-11-20(12-14-21)19-9-7-6-8-10-19)35-27(32)17(2)29-26(31)24-25(34-18(3)30)23(33-4)15-16-28-24/h11-17,19,22H,5-10H2,1-4H3,(H,29,31)/t17-,22?/m0/s1. The van der Waals surface area contributed by atoms with Gasteiger partial charge in [0.25, 0.3) is 5.91 Å². The lowest BCUT2D eigenvalue weighted by Gasteiger charge is -2.23. The van der Waals surface area contributed by atoms with E-state index in [-0.39, 0.29) is 17.2 Å². The molecule has 1 aliphatic carbocycles. The number of hydrogen-bond acceptors (Lipinski definition) is 7. The number of ether oxygens (including phenoxy) is 3. The first kappa shape index (κ1) is 26.2. The number of benzene rings is 1. The van der Waals surface area contributed by atoms with Gasteiger partial charge in [0.05, 0.1) is 7.11 Å². The molecule has 1 amide bonds. The Balaban J connectivity index is 1.65. The van der Waals surface area contributed by atoms with Gasteiger partial charge in [0.2, 0.25) is 5.75 Å². The number of carbonyl (C=O) groups excluding carboxylic acids is 3. The van der Waals surface area contributed by atoms with E-state index in [1.54, 1.807) is 0 Å². The number of nitrogens with zero attached hydrogens (tertiary/aromatic N) is 1. The van der Waals surface area contributed by atoms with Gasteiger partial charge in [-0.2, -0.15) is 0 Å². The molecule has 0 aliphatic heterocycles. The van der Waals surface area contributed by atoms with Gasteiger partial charge in [0.1, 0.15) is 12.1 Å². The van der Waals surface area contributed by atoms with E-state index in [2.05, 4.69) is 22.4 Å². The van der Waals surface area contributed by atoms with Crippen molar-refractivity contribution < 1.29 is 28.6 Å². The van der Waals surface area contributed by atoms with Crippen LogP contribution in [-0.4, -0.2) is 36.0 Å². The van der Waals surface area contributed by atoms with Crippen molar-refractivity contribution in [3.8, 4) is 11.5 Å². The molecule has 35 heavy (non-hydrogen) atoms. The maximum absolute atomic E-state index is 12.8. The Bertz CT molecular complexity index is 1030. The normalized spacial score (nSPS) is 15.5. The molecule has 0 radical (unpaired) electrons. The molecular formula is C27H34N2O6. The quantitative estimate of drug-likeness (QED) is 0.508. The number of aromatic nitrogens is 1. The molecule has 1 aromatic heterocycles. The fourth-order valence-electron chi connectivity index (χ4n) is 4.37. The molecule has 1 heterocycles. The van der Waals surface area contributed by atoms with Crippen molar-refractivity contribution in [2.75, 3.05) is 7.11 Å². The van der Waals surface area contributed by atoms with Crippen LogP contribution in [0.5, 0.6) is 11.5 Å². The topological polar surface area (TPSA) is 104 Å². The number of pyridine rings is 1. The average molecular weight is 483 g/mol. The predicted octanol–water partition coefficient (Wildman–Crippen LogP) is 4.88. The minimum atomic E-state index is -0.948. The molecule has 2 aromatic rings. The van der Waals surface area contributed by atoms with Crippen molar-refractivity contribution in [2.45, 2.75) is 77.4 Å². The van der Waals surface area contributed by atoms with Gasteiger partial charge in [-0.1, -0.05) is 50.5 Å². The Kier molecular flexibility index (Phi) is 9.23. The molecule has 3 rings (SSSR count). The molecule has 1 saturated carbocycles. The van der Waals surface area contributed by atoms with Crippen molar-refractivity contribution in [1.82, 2.24) is 10.3 Å². The fourth-order valence-corrected chi connectivity index (χ4v) is 4.37. The molecule has 1 aromatic carbocycles. The summed E-state index contributed by atoms with van der Waals surface area (Å²) in [6.45, 7) is 4.69. The Morgan fingerprint density at radius 1 is 1.09 bits per heavy atom. The van der Waals surface area contributed by atoms with Crippen LogP contribution in [0.25, 0.3) is 0 Å². The van der Waals surface area contributed by atoms with Crippen molar-refractivity contribution >= 4 is 17.8 Å². The van der Waals surface area contributed by atoms with Crippen LogP contribution in [0.1, 0.15) is 92.9 Å². The molecule has 8 heteroatoms. The number of hydrogen-bond donors (Lipinski definition) is 1. The van der Waals surface area contributed by atoms with E-state index in [0.29, 0.717) is 12.3 Å². The molecule has 188 valence electrons. The summed E-state index contributed by atoms with van der Waals surface area (Å²) in [4.78, 5) is 41.1. The minimum Gasteiger partial charge on any atom is -0.493 e. The van der Waals surface area contributed by atoms with Crippen LogP contribution in [0, 0.1) is 0 Å². The van der Waals surface area contributed by atoms with E-state index < -0.39 is 30.0 Å². The van der Waals surface area contributed by atoms with Crippen LogP contribution in [0.3, 0.4) is 0 Å². The molecule has 1 fully saturated rings. The Hall–Kier alpha value is -3.42. The van der Waals surface area contributed by atoms with Crippen LogP contribution in [0.15, 0.2) is 36.5 Å². The van der Waals surface area contributed by atoms with Gasteiger partial charge in [-0.05, 0) is 43.2 Å². The van der Waals surface area contributed by atoms with Crippen molar-refractivity contribution in [1.29, 1.82) is 0 Å². The number of methoxy groups -OCH3 is 1. The lowest BCUT2D eigenvalue weighted by Crippen LogP contribution is -2.40. The first-order valence-electron chi connectivity index (χ1n) is 12.2. The molecule has 1 aliphatic rings. The third-order valence-corrected chi connectivity index (χ3v) is 6.26. The monoisotopic (exact) mass is 482 g/mol. The lowest BCUT2D eigenvalue weighted by molar-refractivity contribution is -0.151. The SMILES string of the molecule is CCC(OC(=O)[C@H](C)NC(=O)c1nccc(OC)c1OC(C)=O)c1ccc(C2CCCCC2)cc1. The van der Waals surface area contributed by atoms with Gasteiger partial charge >= 0.3 is 11.9 Å². The zero-order chi connectivity index (χ0) is 25.4. The third-order valence-electron chi connectivity index (χ3n) is 6.26. The zero-order valence-corrected chi connectivity index (χ0v) is 20.8. The van der Waals surface area contributed by atoms with E-state index in [1.807, 2.05) is 19.1 Å². The third kappa shape index (κ3) is 6.81. The highest BCUT2D eigenvalue weighted by atomic mass is 16.6. The second-order valence-electron chi connectivity index (χ2n) is 8.82. The number of nitrogens with one attached hydrogen (secondary N) is 1. The summed E-state index contributed by atoms with van der Waals surface area (Å²) in [7, 11) is 1.39. The number of carbonyl (C=O) groups is 3. The highest BCUT2D eigenvalue weighted by Gasteiger charge is 2.26. The number of amides is 1. The minimum absolute atomic E-state index is 0.106. The van der Waals surface area contributed by atoms with Crippen LogP contribution in [-0.2, 0) is 14.3 Å². The largest absolute Gasteiger partial charge is 0.493 e. The molecular weight excluding hydrogens is 448 g/mol. The molecule has 2 atom stereocenters. The summed E-state index contributed by atoms with van der Waals surface area (Å²) in [5, 5.41) is 2.57. The summed E-state index contributed by atoms with van der Waals surface area (Å²) in [6, 6.07) is 8.85. The van der Waals surface area contributed by atoms with Gasteiger partial charge in [0.15, 0.2) is 11.4 Å². The van der Waals surface area contributed by atoms with E-state index >= 15 is 0 Å². The van der Waals surface area contributed by atoms with E-state index in [1.165, 1.54) is 70.9 Å². The smallest absolute Gasteiger partial charge is 0.328 e. The van der Waals surface area contributed by atoms with Crippen LogP contribution in [0.4, 0.5) is 0 Å². The summed E-state index contributed by atoms with van der Waals surface area (Å²) in [5.41, 5.74) is 2.10. The maximum Gasteiger partial charge on any atom is 0.328 e. The average Bonchev–Trinajstić information content (AvgIpc) is 2.87. The van der Waals surface area contributed by atoms with Crippen LogP contribution in [0.2, 0.25) is 0 Å². The summed E-state index contributed by atoms with van der Waals surface area (Å²) in [6.07, 6.45) is 7.85. The fraction of sp³-hybridized carbons (Fsp3) is 0.481. The number of esters is 2. The summed E-state index contributed by atoms with van der Waals surface area (Å²) < 4.78 is 16.0. The first-order valence-corrected chi connectivity index (χ1v) is 12.2. The molecule has 1 N–H and O–H groups in total. The first-order chi connectivity index (χ1) is 16.8. The van der Waals surface area contributed by atoms with Crippen LogP contribution < -0.4 is 14.8 Å². The van der Waals surface area contributed by atoms with Crippen molar-refractivity contribution in [3.05, 3.63) is 53.3 Å². The molecule has 0 spiro atoms. The number of rotatable bonds is 9. The van der Waals surface area contributed by atoms with Gasteiger partial charge in [-0.25, -0.2) is 9.78 Å². The zero-order valence-electron chi connectivity index (χ0n) is 20.8.